The van der Waals surface area contributed by atoms with Gasteiger partial charge in [-0.25, -0.2) is 4.79 Å². The van der Waals surface area contributed by atoms with E-state index in [2.05, 4.69) is 9.84 Å². The number of ether oxygens (including phenoxy) is 1. The fraction of sp³-hybridized carbons (Fsp3) is 0.429. The average Bonchev–Trinajstić information content (AvgIpc) is 2.46. The summed E-state index contributed by atoms with van der Waals surface area (Å²) in [7, 11) is 1.13. The second kappa shape index (κ2) is 6.20. The number of hydrogen-bond acceptors (Lipinski definition) is 3. The molecule has 9 heteroatoms. The van der Waals surface area contributed by atoms with Gasteiger partial charge in [-0.3, -0.25) is 0 Å². The molecule has 1 aromatic heterocycles. The second-order valence-electron chi connectivity index (χ2n) is 2.86. The van der Waals surface area contributed by atoms with Gasteiger partial charge in [0.2, 0.25) is 0 Å². The van der Waals surface area contributed by atoms with E-state index in [0.717, 1.165) is 13.2 Å². The summed E-state index contributed by atoms with van der Waals surface area (Å²) in [5, 5.41) is 3.40. The largest absolute Gasteiger partial charge is 1.00 e. The minimum Gasteiger partial charge on any atom is -0.462 e. The monoisotopic (exact) mass is 260 g/mol. The maximum absolute atomic E-state index is 12.5. The van der Waals surface area contributed by atoms with Crippen LogP contribution in [0.2, 0.25) is 0 Å². The minimum absolute atomic E-state index is 0. The van der Waals surface area contributed by atoms with Crippen LogP contribution in [0.1, 0.15) is 17.3 Å². The van der Waals surface area contributed by atoms with Gasteiger partial charge in [-0.05, 0) is 12.5 Å². The van der Waals surface area contributed by atoms with Crippen molar-refractivity contribution in [2.75, 3.05) is 6.61 Å². The van der Waals surface area contributed by atoms with Gasteiger partial charge in [0.25, 0.3) is 0 Å². The first-order valence-electron chi connectivity index (χ1n) is 4.27. The van der Waals surface area contributed by atoms with Crippen molar-refractivity contribution in [3.63, 3.8) is 0 Å². The number of nitrogens with zero attached hydrogens (tertiary/aromatic N) is 2. The van der Waals surface area contributed by atoms with Gasteiger partial charge in [-0.2, -0.15) is 5.10 Å². The molecule has 0 atom stereocenters. The molecular formula is C7H9BF3KN2O2. The summed E-state index contributed by atoms with van der Waals surface area (Å²) in [6, 6.07) is 0. The molecule has 0 aliphatic heterocycles. The Kier molecular flexibility index (Phi) is 6.26. The summed E-state index contributed by atoms with van der Waals surface area (Å²) in [5.74, 6) is -1.00. The third-order valence-corrected chi connectivity index (χ3v) is 1.79. The first-order valence-corrected chi connectivity index (χ1v) is 4.27. The minimum atomic E-state index is -5.27. The van der Waals surface area contributed by atoms with Gasteiger partial charge in [-0.15, -0.1) is 0 Å². The number of hydrogen-bond donors (Lipinski definition) is 0. The predicted molar refractivity (Wildman–Crippen MR) is 47.9 cm³/mol. The summed E-state index contributed by atoms with van der Waals surface area (Å²) >= 11 is 0. The van der Waals surface area contributed by atoms with Crippen LogP contribution in [-0.4, -0.2) is 29.3 Å². The van der Waals surface area contributed by atoms with Gasteiger partial charge in [0.05, 0.1) is 18.4 Å². The topological polar surface area (TPSA) is 44.1 Å². The molecule has 0 N–H and O–H groups in total. The molecule has 0 unspecified atom stereocenters. The van der Waals surface area contributed by atoms with Crippen LogP contribution in [0.25, 0.3) is 0 Å². The molecule has 0 aliphatic rings. The molecule has 0 aliphatic carbocycles. The van der Waals surface area contributed by atoms with Crippen LogP contribution in [0.3, 0.4) is 0 Å². The zero-order chi connectivity index (χ0) is 11.6. The molecule has 0 saturated carbocycles. The Labute approximate surface area is 133 Å². The Morgan fingerprint density at radius 2 is 2.12 bits per heavy atom. The van der Waals surface area contributed by atoms with E-state index in [1.807, 2.05) is 0 Å². The number of carbonyl (C=O) groups is 1. The number of halogens is 3. The Hall–Kier alpha value is 0.171. The van der Waals surface area contributed by atoms with E-state index in [1.165, 1.54) is 6.92 Å². The molecule has 16 heavy (non-hydrogen) atoms. The number of rotatable bonds is 3. The van der Waals surface area contributed by atoms with Crippen molar-refractivity contribution in [2.24, 2.45) is 7.05 Å². The van der Waals surface area contributed by atoms with E-state index in [0.29, 0.717) is 4.68 Å². The van der Waals surface area contributed by atoms with Gasteiger partial charge < -0.3 is 22.4 Å². The summed E-state index contributed by atoms with van der Waals surface area (Å²) in [4.78, 5) is 11.2. The van der Waals surface area contributed by atoms with E-state index in [1.54, 1.807) is 0 Å². The quantitative estimate of drug-likeness (QED) is 0.452. The average molecular weight is 260 g/mol. The Morgan fingerprint density at radius 1 is 1.56 bits per heavy atom. The number of esters is 1. The number of aryl methyl sites for hydroxylation is 1. The molecule has 0 spiro atoms. The fourth-order valence-electron chi connectivity index (χ4n) is 1.20. The number of aromatic nitrogens is 2. The fourth-order valence-corrected chi connectivity index (χ4v) is 1.20. The van der Waals surface area contributed by atoms with E-state index in [-0.39, 0.29) is 58.0 Å². The summed E-state index contributed by atoms with van der Waals surface area (Å²) in [6.07, 6.45) is 0.864. The van der Waals surface area contributed by atoms with Gasteiger partial charge in [0.15, 0.2) is 0 Å². The van der Waals surface area contributed by atoms with Gasteiger partial charge >= 0.3 is 64.3 Å². The smallest absolute Gasteiger partial charge is 0.462 e. The summed E-state index contributed by atoms with van der Waals surface area (Å²) < 4.78 is 42.7. The van der Waals surface area contributed by atoms with Crippen LogP contribution in [0, 0.1) is 0 Å². The van der Waals surface area contributed by atoms with Crippen molar-refractivity contribution < 1.29 is 73.9 Å². The van der Waals surface area contributed by atoms with Crippen LogP contribution in [0.15, 0.2) is 6.20 Å². The first-order chi connectivity index (χ1) is 6.88. The van der Waals surface area contributed by atoms with Crippen LogP contribution in [0.5, 0.6) is 0 Å². The van der Waals surface area contributed by atoms with Crippen molar-refractivity contribution in [3.05, 3.63) is 11.8 Å². The van der Waals surface area contributed by atoms with E-state index in [9.17, 15) is 17.7 Å². The maximum Gasteiger partial charge on any atom is 1.00 e. The third kappa shape index (κ3) is 3.59. The van der Waals surface area contributed by atoms with Gasteiger partial charge in [0, 0.05) is 7.05 Å². The zero-order valence-electron chi connectivity index (χ0n) is 9.21. The summed E-state index contributed by atoms with van der Waals surface area (Å²) in [6.45, 7) is -3.72. The maximum atomic E-state index is 12.5. The molecule has 1 heterocycles. The first kappa shape index (κ1) is 16.2. The Bertz CT molecular complexity index is 380. The predicted octanol–water partition coefficient (Wildman–Crippen LogP) is -2.34. The summed E-state index contributed by atoms with van der Waals surface area (Å²) in [5.41, 5.74) is -1.57. The van der Waals surface area contributed by atoms with E-state index < -0.39 is 24.1 Å². The molecule has 0 aromatic carbocycles. The molecule has 1 aromatic rings. The normalized spacial score (nSPS) is 10.8. The van der Waals surface area contributed by atoms with Crippen LogP contribution >= 0.6 is 0 Å². The van der Waals surface area contributed by atoms with Crippen molar-refractivity contribution in [1.82, 2.24) is 9.78 Å². The molecule has 84 valence electrons. The van der Waals surface area contributed by atoms with Crippen molar-refractivity contribution in [1.29, 1.82) is 0 Å². The number of carbonyl (C=O) groups excluding carboxylic acids is 1. The second-order valence-corrected chi connectivity index (χ2v) is 2.86. The Morgan fingerprint density at radius 3 is 2.56 bits per heavy atom. The van der Waals surface area contributed by atoms with E-state index in [4.69, 9.17) is 0 Å². The SMILES string of the molecule is CCOC(=O)c1cnn(C)c1[B-](F)(F)F.[K+]. The molecule has 0 bridgehead atoms. The zero-order valence-corrected chi connectivity index (χ0v) is 12.3. The molecule has 0 amide bonds. The molecule has 4 nitrogen and oxygen atoms in total. The van der Waals surface area contributed by atoms with Crippen molar-refractivity contribution in [2.45, 2.75) is 6.92 Å². The molecule has 0 fully saturated rings. The standard InChI is InChI=1S/C7H9BF3N2O2.K/c1-3-15-7(14)5-4-12-13(2)6(5)8(9,10)11;/h4H,3H2,1-2H3;/q-1;+1. The van der Waals surface area contributed by atoms with Crippen LogP contribution < -0.4 is 57.0 Å². The molecular weight excluding hydrogens is 251 g/mol. The third-order valence-electron chi connectivity index (χ3n) is 1.79. The van der Waals surface area contributed by atoms with Crippen LogP contribution in [-0.2, 0) is 11.8 Å². The van der Waals surface area contributed by atoms with Crippen molar-refractivity contribution in [3.8, 4) is 0 Å². The molecule has 0 radical (unpaired) electrons. The van der Waals surface area contributed by atoms with Crippen molar-refractivity contribution >= 4 is 18.5 Å². The van der Waals surface area contributed by atoms with E-state index >= 15 is 0 Å². The molecule has 1 rings (SSSR count). The van der Waals surface area contributed by atoms with Gasteiger partial charge in [-0.1, -0.05) is 0 Å². The van der Waals surface area contributed by atoms with Crippen LogP contribution in [0.4, 0.5) is 12.9 Å². The Balaban J connectivity index is 0.00000225. The molecule has 0 saturated heterocycles. The van der Waals surface area contributed by atoms with Gasteiger partial charge in [0.1, 0.15) is 0 Å².